The molecule has 3 heterocycles. The summed E-state index contributed by atoms with van der Waals surface area (Å²) < 4.78 is 27.3. The second-order valence-corrected chi connectivity index (χ2v) is 7.91. The molecule has 10 heteroatoms. The molecule has 10 nitrogen and oxygen atoms in total. The van der Waals surface area contributed by atoms with Gasteiger partial charge in [-0.3, -0.25) is 4.90 Å². The molecular formula is C22H29N3O7. The van der Waals surface area contributed by atoms with Crippen LogP contribution in [0.3, 0.4) is 0 Å². The number of nitrogens with one attached hydrogen (secondary N) is 2. The van der Waals surface area contributed by atoms with Crippen LogP contribution in [-0.4, -0.2) is 76.9 Å². The van der Waals surface area contributed by atoms with E-state index >= 15 is 0 Å². The maximum atomic E-state index is 12.8. The van der Waals surface area contributed by atoms with Crippen molar-refractivity contribution >= 4 is 12.0 Å². The first-order chi connectivity index (χ1) is 15.5. The zero-order chi connectivity index (χ0) is 22.7. The van der Waals surface area contributed by atoms with Gasteiger partial charge in [0.1, 0.15) is 0 Å². The lowest BCUT2D eigenvalue weighted by atomic mass is 9.94. The molecule has 2 saturated heterocycles. The number of benzene rings is 1. The topological polar surface area (TPSA) is 108 Å². The standard InChI is InChI=1S/C22H29N3O7/c1-28-16-5-4-14(12-17(16)29-2)19-18(20(26)30-3)15(23-21(27)24-19)13-25-8-6-22(7-9-25)31-10-11-32-22/h4-5,12,19H,6-11,13H2,1-3H3,(H2,23,24,27)/t19-/m1/s1. The maximum Gasteiger partial charge on any atom is 0.338 e. The van der Waals surface area contributed by atoms with Gasteiger partial charge in [-0.25, -0.2) is 9.59 Å². The summed E-state index contributed by atoms with van der Waals surface area (Å²) in [5, 5.41) is 5.64. The molecule has 2 amide bonds. The average molecular weight is 447 g/mol. The number of nitrogens with zero attached hydrogens (tertiary/aromatic N) is 1. The zero-order valence-electron chi connectivity index (χ0n) is 18.6. The minimum atomic E-state index is -0.691. The number of carbonyl (C=O) groups excluding carboxylic acids is 2. The fourth-order valence-corrected chi connectivity index (χ4v) is 4.44. The highest BCUT2D eigenvalue weighted by molar-refractivity contribution is 5.95. The lowest BCUT2D eigenvalue weighted by Crippen LogP contribution is -2.51. The molecule has 3 aliphatic rings. The highest BCUT2D eigenvalue weighted by Crippen LogP contribution is 2.35. The number of urea groups is 1. The normalized spacial score (nSPS) is 23.0. The van der Waals surface area contributed by atoms with E-state index in [1.54, 1.807) is 25.3 Å². The Morgan fingerprint density at radius 1 is 1.12 bits per heavy atom. The van der Waals surface area contributed by atoms with Crippen LogP contribution in [0.5, 0.6) is 11.5 Å². The van der Waals surface area contributed by atoms with Crippen LogP contribution in [0.4, 0.5) is 4.79 Å². The Balaban J connectivity index is 1.62. The monoisotopic (exact) mass is 447 g/mol. The fraction of sp³-hybridized carbons (Fsp3) is 0.545. The van der Waals surface area contributed by atoms with Gasteiger partial charge in [0.05, 0.1) is 46.2 Å². The smallest absolute Gasteiger partial charge is 0.338 e. The molecule has 1 aromatic carbocycles. The van der Waals surface area contributed by atoms with Crippen molar-refractivity contribution in [3.8, 4) is 11.5 Å². The summed E-state index contributed by atoms with van der Waals surface area (Å²) in [4.78, 5) is 27.5. The van der Waals surface area contributed by atoms with Gasteiger partial charge in [-0.05, 0) is 17.7 Å². The van der Waals surface area contributed by atoms with Crippen LogP contribution in [0.15, 0.2) is 29.5 Å². The third kappa shape index (κ3) is 4.38. The van der Waals surface area contributed by atoms with Gasteiger partial charge in [0.25, 0.3) is 0 Å². The SMILES string of the molecule is COC(=O)C1=C(CN2CCC3(CC2)OCCO3)NC(=O)N[C@@H]1c1ccc(OC)c(OC)c1. The quantitative estimate of drug-likeness (QED) is 0.629. The van der Waals surface area contributed by atoms with Crippen LogP contribution in [-0.2, 0) is 19.0 Å². The molecule has 0 aliphatic carbocycles. The Bertz CT molecular complexity index is 901. The molecule has 4 rings (SSSR count). The number of methoxy groups -OCH3 is 3. The lowest BCUT2D eigenvalue weighted by molar-refractivity contribution is -0.184. The van der Waals surface area contributed by atoms with Crippen LogP contribution >= 0.6 is 0 Å². The van der Waals surface area contributed by atoms with Crippen LogP contribution < -0.4 is 20.1 Å². The summed E-state index contributed by atoms with van der Waals surface area (Å²) in [7, 11) is 4.41. The largest absolute Gasteiger partial charge is 0.493 e. The molecule has 32 heavy (non-hydrogen) atoms. The van der Waals surface area contributed by atoms with Gasteiger partial charge in [-0.15, -0.1) is 0 Å². The van der Waals surface area contributed by atoms with Crippen LogP contribution in [0.2, 0.25) is 0 Å². The summed E-state index contributed by atoms with van der Waals surface area (Å²) in [5.74, 6) is 0.0545. The molecule has 3 aliphatic heterocycles. The highest BCUT2D eigenvalue weighted by Gasteiger charge is 2.41. The van der Waals surface area contributed by atoms with E-state index in [0.717, 1.165) is 25.9 Å². The third-order valence-electron chi connectivity index (χ3n) is 6.11. The number of piperidine rings is 1. The van der Waals surface area contributed by atoms with Gasteiger partial charge in [0.15, 0.2) is 17.3 Å². The number of esters is 1. The number of hydrogen-bond acceptors (Lipinski definition) is 8. The summed E-state index contributed by atoms with van der Waals surface area (Å²) >= 11 is 0. The molecule has 2 N–H and O–H groups in total. The Labute approximate surface area is 186 Å². The molecule has 0 unspecified atom stereocenters. The van der Waals surface area contributed by atoms with Gasteiger partial charge in [0.2, 0.25) is 0 Å². The van der Waals surface area contributed by atoms with E-state index in [0.29, 0.717) is 48.1 Å². The molecule has 1 aromatic rings. The number of hydrogen-bond donors (Lipinski definition) is 2. The highest BCUT2D eigenvalue weighted by atomic mass is 16.7. The molecule has 0 bridgehead atoms. The number of ether oxygens (including phenoxy) is 5. The van der Waals surface area contributed by atoms with Crippen molar-refractivity contribution in [1.82, 2.24) is 15.5 Å². The first kappa shape index (κ1) is 22.4. The Kier molecular flexibility index (Phi) is 6.54. The van der Waals surface area contributed by atoms with Gasteiger partial charge in [-0.1, -0.05) is 6.07 Å². The van der Waals surface area contributed by atoms with E-state index in [1.807, 2.05) is 0 Å². The Morgan fingerprint density at radius 2 is 1.81 bits per heavy atom. The van der Waals surface area contributed by atoms with Crippen molar-refractivity contribution in [3.05, 3.63) is 35.0 Å². The Morgan fingerprint density at radius 3 is 2.44 bits per heavy atom. The molecule has 0 saturated carbocycles. The van der Waals surface area contributed by atoms with E-state index < -0.39 is 17.8 Å². The second kappa shape index (κ2) is 9.35. The number of amides is 2. The van der Waals surface area contributed by atoms with Crippen LogP contribution in [0.1, 0.15) is 24.4 Å². The molecule has 1 spiro atoms. The molecule has 1 atom stereocenters. The van der Waals surface area contributed by atoms with Gasteiger partial charge < -0.3 is 34.3 Å². The number of likely N-dealkylation sites (tertiary alicyclic amines) is 1. The second-order valence-electron chi connectivity index (χ2n) is 7.91. The molecule has 0 aromatic heterocycles. The summed E-state index contributed by atoms with van der Waals surface area (Å²) in [6.45, 7) is 3.08. The van der Waals surface area contributed by atoms with Gasteiger partial charge in [0, 0.05) is 38.2 Å². The number of rotatable bonds is 6. The molecule has 2 fully saturated rings. The van der Waals surface area contributed by atoms with E-state index in [4.69, 9.17) is 23.7 Å². The van der Waals surface area contributed by atoms with E-state index in [2.05, 4.69) is 15.5 Å². The third-order valence-corrected chi connectivity index (χ3v) is 6.11. The van der Waals surface area contributed by atoms with E-state index in [1.165, 1.54) is 14.2 Å². The summed E-state index contributed by atoms with van der Waals surface area (Å²) in [5.41, 5.74) is 1.55. The van der Waals surface area contributed by atoms with Crippen molar-refractivity contribution in [1.29, 1.82) is 0 Å². The van der Waals surface area contributed by atoms with Gasteiger partial charge >= 0.3 is 12.0 Å². The van der Waals surface area contributed by atoms with Crippen molar-refractivity contribution in [2.24, 2.45) is 0 Å². The fourth-order valence-electron chi connectivity index (χ4n) is 4.44. The lowest BCUT2D eigenvalue weighted by Gasteiger charge is -2.39. The molecule has 174 valence electrons. The molecule has 0 radical (unpaired) electrons. The number of carbonyl (C=O) groups is 2. The van der Waals surface area contributed by atoms with Gasteiger partial charge in [-0.2, -0.15) is 0 Å². The first-order valence-corrected chi connectivity index (χ1v) is 10.6. The van der Waals surface area contributed by atoms with Crippen molar-refractivity contribution in [3.63, 3.8) is 0 Å². The maximum absolute atomic E-state index is 12.8. The summed E-state index contributed by atoms with van der Waals surface area (Å²) in [6, 6.07) is 4.20. The minimum absolute atomic E-state index is 0.355. The minimum Gasteiger partial charge on any atom is -0.493 e. The van der Waals surface area contributed by atoms with Crippen LogP contribution in [0.25, 0.3) is 0 Å². The predicted molar refractivity (Wildman–Crippen MR) is 113 cm³/mol. The van der Waals surface area contributed by atoms with Crippen LogP contribution in [0, 0.1) is 0 Å². The zero-order valence-corrected chi connectivity index (χ0v) is 18.6. The van der Waals surface area contributed by atoms with Crippen molar-refractivity contribution in [2.45, 2.75) is 24.7 Å². The van der Waals surface area contributed by atoms with E-state index in [9.17, 15) is 9.59 Å². The first-order valence-electron chi connectivity index (χ1n) is 10.6. The van der Waals surface area contributed by atoms with Crippen molar-refractivity contribution in [2.75, 3.05) is 54.2 Å². The Hall–Kier alpha value is -2.82. The predicted octanol–water partition coefficient (Wildman–Crippen LogP) is 1.32. The average Bonchev–Trinajstić information content (AvgIpc) is 3.27. The van der Waals surface area contributed by atoms with E-state index in [-0.39, 0.29) is 6.03 Å². The van der Waals surface area contributed by atoms with Crippen molar-refractivity contribution < 1.29 is 33.3 Å². The summed E-state index contributed by atoms with van der Waals surface area (Å²) in [6.07, 6.45) is 1.47. The molecular weight excluding hydrogens is 418 g/mol.